The number of halogens is 1. The zero-order valence-electron chi connectivity index (χ0n) is 10.5. The molecule has 2 nitrogen and oxygen atoms in total. The number of nitrogen functional groups attached to an aromatic ring is 1. The van der Waals surface area contributed by atoms with E-state index in [1.165, 1.54) is 10.3 Å². The summed E-state index contributed by atoms with van der Waals surface area (Å²) < 4.78 is 2.24. The number of rotatable bonds is 2. The maximum Gasteiger partial charge on any atom is 0.126 e. The number of thiazole rings is 1. The number of fused-ring (bicyclic) bond motifs is 1. The van der Waals surface area contributed by atoms with E-state index in [9.17, 15) is 0 Å². The summed E-state index contributed by atoms with van der Waals surface area (Å²) in [6.45, 7) is 2.16. The second-order valence-electron chi connectivity index (χ2n) is 4.41. The van der Waals surface area contributed by atoms with E-state index in [1.54, 1.807) is 11.3 Å². The minimum absolute atomic E-state index is 0.762. The fraction of sp³-hybridized carbons (Fsp3) is 0.133. The van der Waals surface area contributed by atoms with Crippen LogP contribution in [0.15, 0.2) is 40.9 Å². The Bertz CT molecular complexity index is 749. The summed E-state index contributed by atoms with van der Waals surface area (Å²) in [5, 5.41) is 0.974. The van der Waals surface area contributed by atoms with Crippen LogP contribution < -0.4 is 5.73 Å². The highest BCUT2D eigenvalue weighted by Crippen LogP contribution is 2.35. The molecule has 1 heterocycles. The van der Waals surface area contributed by atoms with Gasteiger partial charge in [-0.25, -0.2) is 4.98 Å². The van der Waals surface area contributed by atoms with Crippen LogP contribution in [0.1, 0.15) is 12.5 Å². The van der Waals surface area contributed by atoms with Gasteiger partial charge in [-0.15, -0.1) is 11.3 Å². The van der Waals surface area contributed by atoms with Gasteiger partial charge < -0.3 is 5.73 Å². The van der Waals surface area contributed by atoms with Crippen molar-refractivity contribution in [3.05, 3.63) is 46.4 Å². The normalized spacial score (nSPS) is 11.1. The molecular formula is C15H13BrN2S. The molecule has 0 saturated heterocycles. The molecule has 2 N–H and O–H groups in total. The second-order valence-corrected chi connectivity index (χ2v) is 6.35. The molecule has 0 saturated carbocycles. The molecule has 3 rings (SSSR count). The first kappa shape index (κ1) is 12.6. The van der Waals surface area contributed by atoms with Crippen molar-refractivity contribution in [1.82, 2.24) is 4.98 Å². The maximum absolute atomic E-state index is 6.05. The first-order valence-corrected chi connectivity index (χ1v) is 7.73. The molecule has 0 radical (unpaired) electrons. The molecule has 0 spiro atoms. The molecule has 1 aromatic heterocycles. The fourth-order valence-corrected chi connectivity index (χ4v) is 3.45. The van der Waals surface area contributed by atoms with Crippen molar-refractivity contribution >= 4 is 43.2 Å². The van der Waals surface area contributed by atoms with Crippen LogP contribution in [0.3, 0.4) is 0 Å². The predicted molar refractivity (Wildman–Crippen MR) is 86.5 cm³/mol. The van der Waals surface area contributed by atoms with Crippen LogP contribution in [0.5, 0.6) is 0 Å². The number of nitrogens with zero attached hydrogens (tertiary/aromatic N) is 1. The number of hydrogen-bond acceptors (Lipinski definition) is 3. The lowest BCUT2D eigenvalue weighted by Crippen LogP contribution is -1.89. The van der Waals surface area contributed by atoms with Gasteiger partial charge in [-0.3, -0.25) is 0 Å². The highest BCUT2D eigenvalue weighted by atomic mass is 79.9. The van der Waals surface area contributed by atoms with Crippen LogP contribution in [0, 0.1) is 0 Å². The van der Waals surface area contributed by atoms with Crippen molar-refractivity contribution in [2.45, 2.75) is 13.3 Å². The van der Waals surface area contributed by atoms with E-state index in [1.807, 2.05) is 18.2 Å². The fourth-order valence-electron chi connectivity index (χ4n) is 2.02. The summed E-state index contributed by atoms with van der Waals surface area (Å²) in [6.07, 6.45) is 1.04. The SMILES string of the molecule is CCc1ccc2nc(-c3cc(Br)ccc3N)sc2c1. The van der Waals surface area contributed by atoms with Crippen LogP contribution in [0.25, 0.3) is 20.8 Å². The van der Waals surface area contributed by atoms with Crippen molar-refractivity contribution < 1.29 is 0 Å². The lowest BCUT2D eigenvalue weighted by molar-refractivity contribution is 1.15. The highest BCUT2D eigenvalue weighted by Gasteiger charge is 2.10. The number of hydrogen-bond donors (Lipinski definition) is 1. The molecule has 2 aromatic carbocycles. The van der Waals surface area contributed by atoms with Crippen molar-refractivity contribution in [2.75, 3.05) is 5.73 Å². The van der Waals surface area contributed by atoms with Gasteiger partial charge in [-0.05, 0) is 42.3 Å². The number of nitrogens with two attached hydrogens (primary N) is 1. The average molecular weight is 333 g/mol. The van der Waals surface area contributed by atoms with Crippen molar-refractivity contribution in [1.29, 1.82) is 0 Å². The van der Waals surface area contributed by atoms with Gasteiger partial charge in [-0.2, -0.15) is 0 Å². The third-order valence-electron chi connectivity index (χ3n) is 3.11. The van der Waals surface area contributed by atoms with E-state index < -0.39 is 0 Å². The number of anilines is 1. The quantitative estimate of drug-likeness (QED) is 0.680. The minimum atomic E-state index is 0.762. The van der Waals surface area contributed by atoms with Gasteiger partial charge in [0.25, 0.3) is 0 Å². The molecule has 3 aromatic rings. The Morgan fingerprint density at radius 3 is 2.84 bits per heavy atom. The zero-order valence-corrected chi connectivity index (χ0v) is 12.9. The topological polar surface area (TPSA) is 38.9 Å². The Morgan fingerprint density at radius 2 is 2.05 bits per heavy atom. The van der Waals surface area contributed by atoms with Crippen LogP contribution >= 0.6 is 27.3 Å². The Morgan fingerprint density at radius 1 is 1.21 bits per heavy atom. The molecule has 0 atom stereocenters. The van der Waals surface area contributed by atoms with Gasteiger partial charge in [0.05, 0.1) is 10.2 Å². The smallest absolute Gasteiger partial charge is 0.126 e. The third-order valence-corrected chi connectivity index (χ3v) is 4.65. The average Bonchev–Trinajstić information content (AvgIpc) is 2.83. The number of aromatic nitrogens is 1. The summed E-state index contributed by atoms with van der Waals surface area (Å²) in [5.41, 5.74) is 10.2. The molecule has 0 aliphatic heterocycles. The summed E-state index contributed by atoms with van der Waals surface area (Å²) >= 11 is 5.17. The summed E-state index contributed by atoms with van der Waals surface area (Å²) in [6, 6.07) is 12.3. The summed E-state index contributed by atoms with van der Waals surface area (Å²) in [5.74, 6) is 0. The van der Waals surface area contributed by atoms with Gasteiger partial charge in [0, 0.05) is 15.7 Å². The molecule has 0 aliphatic rings. The summed E-state index contributed by atoms with van der Waals surface area (Å²) in [7, 11) is 0. The molecule has 0 unspecified atom stereocenters. The van der Waals surface area contributed by atoms with Crippen molar-refractivity contribution in [3.8, 4) is 10.6 Å². The predicted octanol–water partition coefficient (Wildman–Crippen LogP) is 4.87. The zero-order chi connectivity index (χ0) is 13.4. The largest absolute Gasteiger partial charge is 0.398 e. The van der Waals surface area contributed by atoms with E-state index in [4.69, 9.17) is 5.73 Å². The molecule has 0 aliphatic carbocycles. The molecule has 19 heavy (non-hydrogen) atoms. The van der Waals surface area contributed by atoms with Crippen LogP contribution in [0.2, 0.25) is 0 Å². The maximum atomic E-state index is 6.05. The van der Waals surface area contributed by atoms with Gasteiger partial charge in [0.2, 0.25) is 0 Å². The van der Waals surface area contributed by atoms with Crippen LogP contribution in [-0.2, 0) is 6.42 Å². The Kier molecular flexibility index (Phi) is 3.29. The standard InChI is InChI=1S/C15H13BrN2S/c1-2-9-3-6-13-14(7-9)19-15(18-13)11-8-10(16)4-5-12(11)17/h3-8H,2,17H2,1H3. The second kappa shape index (κ2) is 4.94. The van der Waals surface area contributed by atoms with Gasteiger partial charge >= 0.3 is 0 Å². The molecule has 0 bridgehead atoms. The number of aryl methyl sites for hydroxylation is 1. The third kappa shape index (κ3) is 2.38. The lowest BCUT2D eigenvalue weighted by atomic mass is 10.1. The van der Waals surface area contributed by atoms with Gasteiger partial charge in [-0.1, -0.05) is 28.9 Å². The lowest BCUT2D eigenvalue weighted by Gasteiger charge is -2.01. The van der Waals surface area contributed by atoms with E-state index >= 15 is 0 Å². The van der Waals surface area contributed by atoms with Gasteiger partial charge in [0.15, 0.2) is 0 Å². The van der Waals surface area contributed by atoms with E-state index in [-0.39, 0.29) is 0 Å². The first-order valence-electron chi connectivity index (χ1n) is 6.12. The summed E-state index contributed by atoms with van der Waals surface area (Å²) in [4.78, 5) is 4.68. The van der Waals surface area contributed by atoms with Crippen molar-refractivity contribution in [2.24, 2.45) is 0 Å². The Labute approximate surface area is 124 Å². The number of benzene rings is 2. The van der Waals surface area contributed by atoms with E-state index in [2.05, 4.69) is 46.0 Å². The minimum Gasteiger partial charge on any atom is -0.398 e. The van der Waals surface area contributed by atoms with Crippen LogP contribution in [-0.4, -0.2) is 4.98 Å². The molecular weight excluding hydrogens is 320 g/mol. The molecule has 4 heteroatoms. The van der Waals surface area contributed by atoms with E-state index in [0.717, 1.165) is 32.7 Å². The van der Waals surface area contributed by atoms with Crippen LogP contribution in [0.4, 0.5) is 5.69 Å². The van der Waals surface area contributed by atoms with Crippen molar-refractivity contribution in [3.63, 3.8) is 0 Å². The monoisotopic (exact) mass is 332 g/mol. The van der Waals surface area contributed by atoms with Gasteiger partial charge in [0.1, 0.15) is 5.01 Å². The molecule has 0 fully saturated rings. The Hall–Kier alpha value is -1.39. The molecule has 0 amide bonds. The highest BCUT2D eigenvalue weighted by molar-refractivity contribution is 9.10. The van der Waals surface area contributed by atoms with E-state index in [0.29, 0.717) is 0 Å². The Balaban J connectivity index is 2.17. The molecule has 96 valence electrons. The first-order chi connectivity index (χ1) is 9.17.